The van der Waals surface area contributed by atoms with Gasteiger partial charge >= 0.3 is 5.97 Å². The summed E-state index contributed by atoms with van der Waals surface area (Å²) in [6, 6.07) is 20.9. The van der Waals surface area contributed by atoms with E-state index in [0.29, 0.717) is 10.5 Å². The molecule has 4 aromatic rings. The van der Waals surface area contributed by atoms with Gasteiger partial charge in [-0.25, -0.2) is 4.79 Å². The molecule has 6 rings (SSSR count). The quantitative estimate of drug-likeness (QED) is 0.275. The molecule has 1 aromatic heterocycles. The normalized spacial score (nSPS) is 19.2. The lowest BCUT2D eigenvalue weighted by Crippen LogP contribution is -2.57. The second-order valence-corrected chi connectivity index (χ2v) is 12.0. The Bertz CT molecular complexity index is 1610. The lowest BCUT2D eigenvalue weighted by molar-refractivity contribution is -0.146. The Labute approximate surface area is 228 Å². The first-order valence-electron chi connectivity index (χ1n) is 11.5. The molecule has 0 bridgehead atoms. The molecule has 2 amide bonds. The fourth-order valence-electron chi connectivity index (χ4n) is 4.52. The second kappa shape index (κ2) is 9.59. The van der Waals surface area contributed by atoms with Crippen molar-refractivity contribution in [3.8, 4) is 0 Å². The monoisotopic (exact) mass is 594 g/mol. The number of hydrogen-bond acceptors (Lipinski definition) is 6. The number of furan rings is 1. The van der Waals surface area contributed by atoms with Gasteiger partial charge in [-0.05, 0) is 42.0 Å². The molecule has 186 valence electrons. The molecule has 37 heavy (non-hydrogen) atoms. The molecule has 1 fully saturated rings. The van der Waals surface area contributed by atoms with Crippen molar-refractivity contribution < 1.29 is 23.9 Å². The molecule has 1 saturated heterocycles. The van der Waals surface area contributed by atoms with Crippen LogP contribution in [0.15, 0.2) is 91.1 Å². The third-order valence-corrected chi connectivity index (χ3v) is 9.40. The molecular formula is C27H19BrN2O5S2. The molecule has 2 N–H and O–H groups in total. The van der Waals surface area contributed by atoms with Crippen LogP contribution in [-0.2, 0) is 20.8 Å². The number of nitrogens with one attached hydrogen (secondary N) is 1. The van der Waals surface area contributed by atoms with Crippen LogP contribution in [0.25, 0.3) is 21.9 Å². The average Bonchev–Trinajstić information content (AvgIpc) is 3.24. The number of halogens is 1. The van der Waals surface area contributed by atoms with E-state index in [1.807, 2.05) is 66.7 Å². The van der Waals surface area contributed by atoms with Gasteiger partial charge < -0.3 is 14.8 Å². The first-order valence-corrected chi connectivity index (χ1v) is 14.0. The number of carbonyl (C=O) groups excluding carboxylic acids is 2. The van der Waals surface area contributed by atoms with E-state index in [1.165, 1.54) is 28.4 Å². The Morgan fingerprint density at radius 1 is 1.08 bits per heavy atom. The van der Waals surface area contributed by atoms with Crippen LogP contribution < -0.4 is 5.32 Å². The zero-order chi connectivity index (χ0) is 25.7. The highest BCUT2D eigenvalue weighted by atomic mass is 79.9. The number of benzene rings is 3. The largest absolute Gasteiger partial charge is 0.477 e. The number of carboxylic acids is 1. The highest BCUT2D eigenvalue weighted by Gasteiger charge is 2.49. The predicted molar refractivity (Wildman–Crippen MR) is 147 cm³/mol. The first kappa shape index (κ1) is 24.1. The summed E-state index contributed by atoms with van der Waals surface area (Å²) < 4.78 is 6.92. The van der Waals surface area contributed by atoms with Crippen LogP contribution in [0.2, 0.25) is 0 Å². The third-order valence-electron chi connectivity index (χ3n) is 6.26. The Hall–Kier alpha value is -3.21. The van der Waals surface area contributed by atoms with E-state index in [4.69, 9.17) is 4.42 Å². The van der Waals surface area contributed by atoms with Gasteiger partial charge in [-0.2, -0.15) is 0 Å². The molecule has 2 aliphatic heterocycles. The van der Waals surface area contributed by atoms with Crippen molar-refractivity contribution in [2.75, 3.05) is 0 Å². The van der Waals surface area contributed by atoms with Crippen molar-refractivity contribution in [2.45, 2.75) is 28.5 Å². The summed E-state index contributed by atoms with van der Waals surface area (Å²) in [7, 11) is 0. The van der Waals surface area contributed by atoms with Crippen LogP contribution in [0.3, 0.4) is 0 Å². The minimum atomic E-state index is -1.20. The summed E-state index contributed by atoms with van der Waals surface area (Å²) in [6.07, 6.45) is 0.395. The maximum Gasteiger partial charge on any atom is 0.353 e. The van der Waals surface area contributed by atoms with E-state index in [2.05, 4.69) is 21.2 Å². The molecule has 10 heteroatoms. The van der Waals surface area contributed by atoms with Crippen molar-refractivity contribution in [1.82, 2.24) is 10.2 Å². The van der Waals surface area contributed by atoms with E-state index < -0.39 is 11.3 Å². The van der Waals surface area contributed by atoms with Gasteiger partial charge in [0.15, 0.2) is 0 Å². The molecular weight excluding hydrogens is 576 g/mol. The van der Waals surface area contributed by atoms with Crippen molar-refractivity contribution in [3.05, 3.63) is 87.4 Å². The molecule has 3 aromatic carbocycles. The molecule has 0 saturated carbocycles. The molecule has 2 aliphatic rings. The number of β-lactam (4-membered cyclic amide) rings is 1. The summed E-state index contributed by atoms with van der Waals surface area (Å²) in [4.78, 5) is 40.2. The number of para-hydroxylation sites is 1. The van der Waals surface area contributed by atoms with Crippen LogP contribution in [0.1, 0.15) is 12.0 Å². The van der Waals surface area contributed by atoms with Crippen molar-refractivity contribution >= 4 is 79.2 Å². The molecule has 1 unspecified atom stereocenters. The van der Waals surface area contributed by atoms with E-state index in [0.717, 1.165) is 31.3 Å². The van der Waals surface area contributed by atoms with Crippen molar-refractivity contribution in [2.24, 2.45) is 0 Å². The third kappa shape index (κ3) is 4.54. The van der Waals surface area contributed by atoms with Gasteiger partial charge in [0.2, 0.25) is 11.8 Å². The van der Waals surface area contributed by atoms with Gasteiger partial charge in [-0.1, -0.05) is 58.0 Å². The van der Waals surface area contributed by atoms with Gasteiger partial charge in [-0.15, -0.1) is 11.8 Å². The lowest BCUT2D eigenvalue weighted by Gasteiger charge is -2.46. The zero-order valence-electron chi connectivity index (χ0n) is 19.1. The van der Waals surface area contributed by atoms with E-state index in [1.54, 1.807) is 0 Å². The Kier molecular flexibility index (Phi) is 6.26. The molecule has 7 nitrogen and oxygen atoms in total. The van der Waals surface area contributed by atoms with Crippen molar-refractivity contribution in [1.29, 1.82) is 0 Å². The second-order valence-electron chi connectivity index (χ2n) is 8.69. The van der Waals surface area contributed by atoms with Crippen LogP contribution in [0, 0.1) is 0 Å². The molecule has 0 radical (unpaired) electrons. The summed E-state index contributed by atoms with van der Waals surface area (Å²) in [6.45, 7) is 0. The van der Waals surface area contributed by atoms with Crippen LogP contribution >= 0.6 is 39.5 Å². The molecule has 0 aliphatic carbocycles. The number of carboxylic acid groups (broad SMARTS) is 1. The minimum Gasteiger partial charge on any atom is -0.477 e. The number of nitrogens with zero attached hydrogens (tertiary/aromatic N) is 1. The number of hydrogen-bond donors (Lipinski definition) is 2. The standard InChI is InChI=1S/C27H19BrN2O5S2/c28-15-7-5-14(6-8-15)11-21(31)29-26-25(24(27(33)34)30-22(32)13-23(30)37-26)36-16-9-10-18-17-3-1-2-4-19(17)35-20(18)12-16/h1-10,12,23,26H,11,13H2,(H,29,31)(H,33,34)/t23-,26?/m1/s1. The number of aliphatic carboxylic acids is 1. The molecule has 0 spiro atoms. The van der Waals surface area contributed by atoms with Crippen LogP contribution in [-0.4, -0.2) is 38.5 Å². The fraction of sp³-hybridized carbons (Fsp3) is 0.148. The first-order chi connectivity index (χ1) is 17.9. The smallest absolute Gasteiger partial charge is 0.353 e. The summed E-state index contributed by atoms with van der Waals surface area (Å²) in [5.41, 5.74) is 2.21. The highest BCUT2D eigenvalue weighted by molar-refractivity contribution is 9.10. The number of amides is 2. The van der Waals surface area contributed by atoms with E-state index in [-0.39, 0.29) is 35.7 Å². The molecule has 2 atom stereocenters. The number of fused-ring (bicyclic) bond motifs is 4. The van der Waals surface area contributed by atoms with Gasteiger partial charge in [0, 0.05) is 20.1 Å². The Morgan fingerprint density at radius 2 is 1.84 bits per heavy atom. The topological polar surface area (TPSA) is 99.9 Å². The van der Waals surface area contributed by atoms with Gasteiger partial charge in [0.05, 0.1) is 23.1 Å². The Balaban J connectivity index is 1.34. The average molecular weight is 595 g/mol. The number of rotatable bonds is 6. The van der Waals surface area contributed by atoms with E-state index in [9.17, 15) is 19.5 Å². The SMILES string of the molecule is O=C(Cc1ccc(Br)cc1)NC1S[C@@H]2CC(=O)N2C(C(=O)O)=C1Sc1ccc2c(c1)oc1ccccc12. The Morgan fingerprint density at radius 3 is 2.59 bits per heavy atom. The zero-order valence-corrected chi connectivity index (χ0v) is 22.4. The summed E-state index contributed by atoms with van der Waals surface area (Å²) in [5.74, 6) is -1.66. The minimum absolute atomic E-state index is 0.0800. The summed E-state index contributed by atoms with van der Waals surface area (Å²) >= 11 is 6.00. The van der Waals surface area contributed by atoms with Gasteiger partial charge in [-0.3, -0.25) is 14.5 Å². The van der Waals surface area contributed by atoms with E-state index >= 15 is 0 Å². The highest BCUT2D eigenvalue weighted by Crippen LogP contribution is 2.48. The predicted octanol–water partition coefficient (Wildman–Crippen LogP) is 5.73. The van der Waals surface area contributed by atoms with Gasteiger partial charge in [0.25, 0.3) is 0 Å². The maximum atomic E-state index is 13.0. The lowest BCUT2D eigenvalue weighted by atomic mass is 10.1. The van der Waals surface area contributed by atoms with Gasteiger partial charge in [0.1, 0.15) is 22.2 Å². The number of thioether (sulfide) groups is 2. The van der Waals surface area contributed by atoms with Crippen molar-refractivity contribution in [3.63, 3.8) is 0 Å². The molecule has 3 heterocycles. The fourth-order valence-corrected chi connectivity index (χ4v) is 7.43. The van der Waals surface area contributed by atoms with Crippen LogP contribution in [0.4, 0.5) is 0 Å². The summed E-state index contributed by atoms with van der Waals surface area (Å²) in [5, 5.41) is 14.1. The maximum absolute atomic E-state index is 13.0. The van der Waals surface area contributed by atoms with Crippen LogP contribution in [0.5, 0.6) is 0 Å². The number of carbonyl (C=O) groups is 3.